The Labute approximate surface area is 274 Å². The maximum atomic E-state index is 12.5. The van der Waals surface area contributed by atoms with Gasteiger partial charge in [0, 0.05) is 62.3 Å². The molecule has 2 N–H and O–H groups in total. The van der Waals surface area contributed by atoms with Crippen LogP contribution in [0.15, 0.2) is 52.4 Å². The number of rotatable bonds is 16. The third-order valence-corrected chi connectivity index (χ3v) is 8.45. The van der Waals surface area contributed by atoms with E-state index in [1.165, 1.54) is 12.8 Å². The molecule has 1 atom stereocenters. The summed E-state index contributed by atoms with van der Waals surface area (Å²) in [7, 11) is 4.95. The van der Waals surface area contributed by atoms with Gasteiger partial charge >= 0.3 is 0 Å². The van der Waals surface area contributed by atoms with Crippen molar-refractivity contribution in [3.05, 3.63) is 42.5 Å². The van der Waals surface area contributed by atoms with E-state index >= 15 is 0 Å². The molecule has 1 unspecified atom stereocenters. The second kappa shape index (κ2) is 22.0. The van der Waals surface area contributed by atoms with Crippen molar-refractivity contribution in [3.8, 4) is 0 Å². The highest BCUT2D eigenvalue weighted by Crippen LogP contribution is 2.36. The van der Waals surface area contributed by atoms with Crippen LogP contribution in [0.1, 0.15) is 94.9 Å². The average Bonchev–Trinajstić information content (AvgIpc) is 3.03. The molecule has 0 aliphatic heterocycles. The topological polar surface area (TPSA) is 75.2 Å². The fourth-order valence-corrected chi connectivity index (χ4v) is 4.67. The zero-order valence-corrected chi connectivity index (χ0v) is 30.8. The molecule has 0 fully saturated rings. The van der Waals surface area contributed by atoms with Gasteiger partial charge in [-0.25, -0.2) is 0 Å². The maximum Gasteiger partial charge on any atom is 0.230 e. The molecule has 0 aromatic heterocycles. The van der Waals surface area contributed by atoms with E-state index in [2.05, 4.69) is 70.8 Å². The van der Waals surface area contributed by atoms with E-state index < -0.39 is 5.60 Å². The predicted octanol–water partition coefficient (Wildman–Crippen LogP) is 10.2. The standard InChI is InChI=1S/C32H50N4O2S.C2H6O.C2H6/c1-10-14-24(11-2)22-33-28-20-17-26(21-29(28)34-23-32(7,8)38-9)36(13-4)39-27-18-15-25(16-19-27)35-30(37)31(5,6)12-3;1-3-2;1-2/h15-21,23-24,33H,10-14,22H2,1-9H3,(H,35,37);1-2H3;1-2H3. The molecule has 2 aromatic carbocycles. The highest BCUT2D eigenvalue weighted by Gasteiger charge is 2.25. The van der Waals surface area contributed by atoms with Crippen LogP contribution in [0.5, 0.6) is 0 Å². The number of hydrogen-bond acceptors (Lipinski definition) is 7. The lowest BCUT2D eigenvalue weighted by molar-refractivity contribution is -0.124. The molecule has 250 valence electrons. The first-order valence-corrected chi connectivity index (χ1v) is 16.9. The van der Waals surface area contributed by atoms with Crippen LogP contribution in [-0.2, 0) is 14.3 Å². The molecule has 0 radical (unpaired) electrons. The molecule has 2 rings (SSSR count). The molecule has 2 aromatic rings. The van der Waals surface area contributed by atoms with Gasteiger partial charge in [0.2, 0.25) is 5.91 Å². The minimum absolute atomic E-state index is 0.0407. The summed E-state index contributed by atoms with van der Waals surface area (Å²) < 4.78 is 12.1. The summed E-state index contributed by atoms with van der Waals surface area (Å²) >= 11 is 1.67. The van der Waals surface area contributed by atoms with Gasteiger partial charge in [0.25, 0.3) is 0 Å². The molecular weight excluding hydrogens is 568 g/mol. The number of carbonyl (C=O) groups is 1. The minimum atomic E-state index is -0.454. The highest BCUT2D eigenvalue weighted by atomic mass is 32.2. The van der Waals surface area contributed by atoms with Gasteiger partial charge in [0.15, 0.2) is 0 Å². The number of benzene rings is 2. The number of hydrogen-bond donors (Lipinski definition) is 2. The first-order valence-electron chi connectivity index (χ1n) is 16.1. The van der Waals surface area contributed by atoms with Crippen LogP contribution in [0, 0.1) is 11.3 Å². The van der Waals surface area contributed by atoms with Crippen molar-refractivity contribution in [1.29, 1.82) is 0 Å². The van der Waals surface area contributed by atoms with E-state index in [0.717, 1.165) is 53.6 Å². The van der Waals surface area contributed by atoms with Crippen LogP contribution in [0.2, 0.25) is 0 Å². The third-order valence-electron chi connectivity index (χ3n) is 7.28. The van der Waals surface area contributed by atoms with Gasteiger partial charge in [-0.05, 0) is 93.9 Å². The van der Waals surface area contributed by atoms with Crippen LogP contribution in [0.4, 0.5) is 22.7 Å². The molecule has 0 saturated carbocycles. The number of methoxy groups -OCH3 is 2. The number of nitrogens with one attached hydrogen (secondary N) is 2. The molecule has 0 spiro atoms. The smallest absolute Gasteiger partial charge is 0.230 e. The number of aliphatic imine (C=N–C) groups is 1. The van der Waals surface area contributed by atoms with Crippen LogP contribution in [-0.4, -0.2) is 52.1 Å². The summed E-state index contributed by atoms with van der Waals surface area (Å²) in [6.45, 7) is 22.4. The number of amides is 1. The Bertz CT molecular complexity index is 1090. The van der Waals surface area contributed by atoms with Gasteiger partial charge in [0.1, 0.15) is 0 Å². The maximum absolute atomic E-state index is 12.5. The Kier molecular flexibility index (Phi) is 20.8. The van der Waals surface area contributed by atoms with Crippen molar-refractivity contribution in [1.82, 2.24) is 0 Å². The zero-order valence-electron chi connectivity index (χ0n) is 30.0. The lowest BCUT2D eigenvalue weighted by Gasteiger charge is -2.24. The highest BCUT2D eigenvalue weighted by molar-refractivity contribution is 8.00. The van der Waals surface area contributed by atoms with E-state index in [1.54, 1.807) is 33.3 Å². The van der Waals surface area contributed by atoms with Crippen molar-refractivity contribution in [2.24, 2.45) is 16.3 Å². The molecule has 44 heavy (non-hydrogen) atoms. The van der Waals surface area contributed by atoms with E-state index in [0.29, 0.717) is 5.92 Å². The fraction of sp³-hybridized carbons (Fsp3) is 0.611. The van der Waals surface area contributed by atoms with E-state index in [1.807, 2.05) is 66.8 Å². The molecule has 8 heteroatoms. The normalized spacial score (nSPS) is 12.0. The molecule has 0 aliphatic rings. The first kappa shape index (κ1) is 41.4. The minimum Gasteiger partial charge on any atom is -0.388 e. The van der Waals surface area contributed by atoms with Crippen LogP contribution in [0.3, 0.4) is 0 Å². The van der Waals surface area contributed by atoms with Crippen molar-refractivity contribution in [2.45, 2.75) is 105 Å². The molecule has 0 heterocycles. The number of ether oxygens (including phenoxy) is 2. The molecular formula is C36H62N4O3S. The zero-order chi connectivity index (χ0) is 33.8. The predicted molar refractivity (Wildman–Crippen MR) is 195 cm³/mol. The molecule has 0 aliphatic carbocycles. The van der Waals surface area contributed by atoms with Crippen molar-refractivity contribution in [2.75, 3.05) is 49.4 Å². The Hall–Kier alpha value is -2.55. The second-order valence-corrected chi connectivity index (χ2v) is 12.7. The summed E-state index contributed by atoms with van der Waals surface area (Å²) in [6, 6.07) is 14.5. The largest absolute Gasteiger partial charge is 0.388 e. The third kappa shape index (κ3) is 15.0. The van der Waals surface area contributed by atoms with Gasteiger partial charge in [-0.2, -0.15) is 0 Å². The monoisotopic (exact) mass is 630 g/mol. The van der Waals surface area contributed by atoms with Gasteiger partial charge < -0.3 is 24.4 Å². The Morgan fingerprint density at radius 3 is 2.11 bits per heavy atom. The quantitative estimate of drug-likeness (QED) is 0.142. The Morgan fingerprint density at radius 2 is 1.61 bits per heavy atom. The van der Waals surface area contributed by atoms with E-state index in [9.17, 15) is 4.79 Å². The number of carbonyl (C=O) groups excluding carboxylic acids is 1. The average molecular weight is 631 g/mol. The SMILES string of the molecule is CC.CCCC(CC)CNc1ccc(N(CC)Sc2ccc(NC(=O)C(C)(C)CC)cc2)cc1N=CC(C)(C)OC.COC. The Morgan fingerprint density at radius 1 is 1.00 bits per heavy atom. The van der Waals surface area contributed by atoms with Gasteiger partial charge in [-0.1, -0.05) is 61.3 Å². The van der Waals surface area contributed by atoms with Gasteiger partial charge in [-0.15, -0.1) is 0 Å². The molecule has 1 amide bonds. The second-order valence-electron chi connectivity index (χ2n) is 11.6. The van der Waals surface area contributed by atoms with Crippen molar-refractivity contribution in [3.63, 3.8) is 0 Å². The Balaban J connectivity index is 0.00000347. The van der Waals surface area contributed by atoms with Gasteiger partial charge in [0.05, 0.1) is 17.0 Å². The van der Waals surface area contributed by atoms with Crippen LogP contribution >= 0.6 is 11.9 Å². The van der Waals surface area contributed by atoms with Crippen LogP contribution in [0.25, 0.3) is 0 Å². The molecule has 0 bridgehead atoms. The summed E-state index contributed by atoms with van der Waals surface area (Å²) in [4.78, 5) is 18.5. The first-order chi connectivity index (χ1) is 20.9. The fourth-order valence-electron chi connectivity index (χ4n) is 3.81. The van der Waals surface area contributed by atoms with Crippen LogP contribution < -0.4 is 14.9 Å². The molecule has 7 nitrogen and oxygen atoms in total. The summed E-state index contributed by atoms with van der Waals surface area (Å²) in [5, 5.41) is 6.70. The van der Waals surface area contributed by atoms with Crippen molar-refractivity contribution >= 4 is 46.8 Å². The number of nitrogens with zero attached hydrogens (tertiary/aromatic N) is 2. The lowest BCUT2D eigenvalue weighted by Crippen LogP contribution is -2.29. The van der Waals surface area contributed by atoms with Gasteiger partial charge in [-0.3, -0.25) is 9.79 Å². The summed E-state index contributed by atoms with van der Waals surface area (Å²) in [6.07, 6.45) is 6.23. The van der Waals surface area contributed by atoms with Crippen molar-refractivity contribution < 1.29 is 14.3 Å². The summed E-state index contributed by atoms with van der Waals surface area (Å²) in [5.74, 6) is 0.685. The summed E-state index contributed by atoms with van der Waals surface area (Å²) in [5.41, 5.74) is 2.99. The lowest BCUT2D eigenvalue weighted by atomic mass is 9.89. The number of anilines is 3. The van der Waals surface area contributed by atoms with E-state index in [4.69, 9.17) is 9.73 Å². The van der Waals surface area contributed by atoms with E-state index in [-0.39, 0.29) is 11.3 Å². The molecule has 0 saturated heterocycles.